The summed E-state index contributed by atoms with van der Waals surface area (Å²) in [5.41, 5.74) is -0.725. The Hall–Kier alpha value is -3.39. The summed E-state index contributed by atoms with van der Waals surface area (Å²) < 4.78 is 21.3. The van der Waals surface area contributed by atoms with Gasteiger partial charge in [-0.05, 0) is 36.8 Å². The maximum Gasteiger partial charge on any atom is 0.337 e. The van der Waals surface area contributed by atoms with Crippen LogP contribution in [0.5, 0.6) is 5.75 Å². The average Bonchev–Trinajstić information content (AvgIpc) is 3.35. The third-order valence-corrected chi connectivity index (χ3v) is 5.47. The standard InChI is InChI=1S/C23H25NO7/c1-6-7-18(24(14(2)25)15-8-10-16(28-3)11-9-15)23-13-12-17(31-23)19(21(26)29-4)20(23)22(27)30-5/h6,8-13,17-18H,1,7H2,2-5H3. The fraction of sp³-hybridized carbons (Fsp3) is 0.348. The Labute approximate surface area is 180 Å². The number of methoxy groups -OCH3 is 3. The molecule has 0 aromatic heterocycles. The normalized spacial score (nSPS) is 22.1. The number of rotatable bonds is 8. The highest BCUT2D eigenvalue weighted by atomic mass is 16.6. The smallest absolute Gasteiger partial charge is 0.337 e. The van der Waals surface area contributed by atoms with Gasteiger partial charge < -0.3 is 23.8 Å². The lowest BCUT2D eigenvalue weighted by Crippen LogP contribution is -2.55. The number of benzene rings is 1. The molecule has 3 atom stereocenters. The molecule has 8 heteroatoms. The van der Waals surface area contributed by atoms with Gasteiger partial charge in [0.15, 0.2) is 0 Å². The van der Waals surface area contributed by atoms with E-state index in [9.17, 15) is 14.4 Å². The van der Waals surface area contributed by atoms with E-state index in [2.05, 4.69) is 6.58 Å². The van der Waals surface area contributed by atoms with Gasteiger partial charge in [-0.15, -0.1) is 6.58 Å². The Kier molecular flexibility index (Phi) is 6.31. The van der Waals surface area contributed by atoms with Gasteiger partial charge in [0.25, 0.3) is 0 Å². The first-order chi connectivity index (χ1) is 14.8. The molecule has 3 rings (SSSR count). The van der Waals surface area contributed by atoms with Gasteiger partial charge in [0.2, 0.25) is 5.91 Å². The van der Waals surface area contributed by atoms with E-state index >= 15 is 0 Å². The van der Waals surface area contributed by atoms with E-state index in [1.54, 1.807) is 49.6 Å². The van der Waals surface area contributed by atoms with E-state index in [4.69, 9.17) is 18.9 Å². The van der Waals surface area contributed by atoms with Gasteiger partial charge in [0.05, 0.1) is 38.5 Å². The second-order valence-corrected chi connectivity index (χ2v) is 7.09. The highest BCUT2D eigenvalue weighted by molar-refractivity contribution is 6.06. The van der Waals surface area contributed by atoms with Gasteiger partial charge in [-0.3, -0.25) is 4.79 Å². The van der Waals surface area contributed by atoms with Crippen molar-refractivity contribution in [2.45, 2.75) is 31.1 Å². The number of ether oxygens (including phenoxy) is 4. The second-order valence-electron chi connectivity index (χ2n) is 7.09. The summed E-state index contributed by atoms with van der Waals surface area (Å²) in [7, 11) is 4.00. The van der Waals surface area contributed by atoms with Crippen molar-refractivity contribution in [1.82, 2.24) is 0 Å². The maximum absolute atomic E-state index is 12.8. The molecular weight excluding hydrogens is 402 g/mol. The number of hydrogen-bond acceptors (Lipinski definition) is 7. The molecule has 0 spiro atoms. The number of anilines is 1. The van der Waals surface area contributed by atoms with Crippen molar-refractivity contribution in [3.8, 4) is 5.75 Å². The fourth-order valence-electron chi connectivity index (χ4n) is 4.18. The van der Waals surface area contributed by atoms with E-state index < -0.39 is 29.7 Å². The zero-order valence-electron chi connectivity index (χ0n) is 17.9. The molecule has 1 amide bonds. The molecule has 0 saturated carbocycles. The van der Waals surface area contributed by atoms with Crippen LogP contribution in [0.2, 0.25) is 0 Å². The summed E-state index contributed by atoms with van der Waals surface area (Å²) in [4.78, 5) is 39.6. The molecule has 1 aromatic rings. The van der Waals surface area contributed by atoms with Crippen molar-refractivity contribution < 1.29 is 33.3 Å². The molecule has 2 bridgehead atoms. The number of nitrogens with zero attached hydrogens (tertiary/aromatic N) is 1. The van der Waals surface area contributed by atoms with Crippen molar-refractivity contribution in [3.05, 3.63) is 60.2 Å². The maximum atomic E-state index is 12.8. The minimum Gasteiger partial charge on any atom is -0.497 e. The molecule has 0 saturated heterocycles. The number of esters is 2. The molecule has 0 radical (unpaired) electrons. The van der Waals surface area contributed by atoms with Gasteiger partial charge in [0, 0.05) is 12.6 Å². The highest BCUT2D eigenvalue weighted by Crippen LogP contribution is 2.49. The molecular formula is C23H25NO7. The highest BCUT2D eigenvalue weighted by Gasteiger charge is 2.59. The first kappa shape index (κ1) is 22.3. The zero-order chi connectivity index (χ0) is 22.8. The van der Waals surface area contributed by atoms with Crippen molar-refractivity contribution in [1.29, 1.82) is 0 Å². The molecule has 3 unspecified atom stereocenters. The van der Waals surface area contributed by atoms with E-state index in [1.807, 2.05) is 0 Å². The van der Waals surface area contributed by atoms with Crippen LogP contribution in [-0.2, 0) is 28.6 Å². The van der Waals surface area contributed by atoms with Crippen LogP contribution in [0.3, 0.4) is 0 Å². The Morgan fingerprint density at radius 2 is 1.81 bits per heavy atom. The SMILES string of the molecule is C=CCC(N(C(C)=O)c1ccc(OC)cc1)C12C=CC(O1)C(C(=O)OC)=C2C(=O)OC. The van der Waals surface area contributed by atoms with Crippen LogP contribution in [0.15, 0.2) is 60.2 Å². The molecule has 0 fully saturated rings. The summed E-state index contributed by atoms with van der Waals surface area (Å²) in [5, 5.41) is 0. The Morgan fingerprint density at radius 3 is 2.32 bits per heavy atom. The minimum absolute atomic E-state index is 0.0287. The average molecular weight is 427 g/mol. The summed E-state index contributed by atoms with van der Waals surface area (Å²) in [6, 6.07) is 6.22. The van der Waals surface area contributed by atoms with E-state index in [-0.39, 0.29) is 23.5 Å². The van der Waals surface area contributed by atoms with Crippen LogP contribution in [0.25, 0.3) is 0 Å². The van der Waals surface area contributed by atoms with Crippen molar-refractivity contribution in [3.63, 3.8) is 0 Å². The van der Waals surface area contributed by atoms with E-state index in [0.717, 1.165) is 0 Å². The van der Waals surface area contributed by atoms with Gasteiger partial charge in [-0.25, -0.2) is 9.59 Å². The van der Waals surface area contributed by atoms with Crippen LogP contribution < -0.4 is 9.64 Å². The lowest BCUT2D eigenvalue weighted by Gasteiger charge is -2.41. The van der Waals surface area contributed by atoms with Gasteiger partial charge in [-0.1, -0.05) is 12.2 Å². The Morgan fingerprint density at radius 1 is 1.16 bits per heavy atom. The predicted octanol–water partition coefficient (Wildman–Crippen LogP) is 2.34. The molecule has 31 heavy (non-hydrogen) atoms. The largest absolute Gasteiger partial charge is 0.497 e. The van der Waals surface area contributed by atoms with Gasteiger partial charge in [-0.2, -0.15) is 0 Å². The summed E-state index contributed by atoms with van der Waals surface area (Å²) in [5.74, 6) is -1.05. The number of fused-ring (bicyclic) bond motifs is 2. The van der Waals surface area contributed by atoms with E-state index in [1.165, 1.54) is 26.0 Å². The molecule has 2 heterocycles. The Bertz CT molecular complexity index is 963. The van der Waals surface area contributed by atoms with Crippen molar-refractivity contribution in [2.24, 2.45) is 0 Å². The third-order valence-electron chi connectivity index (χ3n) is 5.47. The van der Waals surface area contributed by atoms with Crippen molar-refractivity contribution >= 4 is 23.5 Å². The van der Waals surface area contributed by atoms with E-state index in [0.29, 0.717) is 11.4 Å². The predicted molar refractivity (Wildman–Crippen MR) is 113 cm³/mol. The molecule has 0 aliphatic carbocycles. The molecule has 2 aliphatic rings. The number of carbonyl (C=O) groups is 3. The summed E-state index contributed by atoms with van der Waals surface area (Å²) in [6.07, 6.45) is 4.51. The van der Waals surface area contributed by atoms with Gasteiger partial charge in [0.1, 0.15) is 17.5 Å². The number of hydrogen-bond donors (Lipinski definition) is 0. The van der Waals surface area contributed by atoms with Crippen LogP contribution in [-0.4, -0.2) is 56.9 Å². The quantitative estimate of drug-likeness (QED) is 0.465. The summed E-state index contributed by atoms with van der Waals surface area (Å²) in [6.45, 7) is 5.23. The Balaban J connectivity index is 2.19. The summed E-state index contributed by atoms with van der Waals surface area (Å²) >= 11 is 0. The molecule has 0 N–H and O–H groups in total. The number of amides is 1. The third kappa shape index (κ3) is 3.63. The zero-order valence-corrected chi connectivity index (χ0v) is 17.9. The lowest BCUT2D eigenvalue weighted by atomic mass is 9.79. The van der Waals surface area contributed by atoms with Crippen LogP contribution in [0, 0.1) is 0 Å². The van der Waals surface area contributed by atoms with Crippen molar-refractivity contribution in [2.75, 3.05) is 26.2 Å². The topological polar surface area (TPSA) is 91.4 Å². The second kappa shape index (κ2) is 8.77. The van der Waals surface area contributed by atoms with Gasteiger partial charge >= 0.3 is 11.9 Å². The molecule has 2 aliphatic heterocycles. The fourth-order valence-corrected chi connectivity index (χ4v) is 4.18. The van der Waals surface area contributed by atoms with Crippen LogP contribution in [0.4, 0.5) is 5.69 Å². The minimum atomic E-state index is -1.40. The molecule has 1 aromatic carbocycles. The molecule has 164 valence electrons. The van der Waals surface area contributed by atoms with Crippen LogP contribution >= 0.6 is 0 Å². The molecule has 8 nitrogen and oxygen atoms in total. The monoisotopic (exact) mass is 427 g/mol. The first-order valence-electron chi connectivity index (χ1n) is 9.67. The lowest BCUT2D eigenvalue weighted by molar-refractivity contribution is -0.139. The number of carbonyl (C=O) groups excluding carboxylic acids is 3. The van der Waals surface area contributed by atoms with Crippen LogP contribution in [0.1, 0.15) is 13.3 Å². The first-order valence-corrected chi connectivity index (χ1v) is 9.67.